The van der Waals surface area contributed by atoms with Crippen LogP contribution >= 0.6 is 0 Å². The normalized spacial score (nSPS) is 16.8. The van der Waals surface area contributed by atoms with Crippen molar-refractivity contribution < 1.29 is 27.5 Å². The summed E-state index contributed by atoms with van der Waals surface area (Å²) in [4.78, 5) is 24.8. The summed E-state index contributed by atoms with van der Waals surface area (Å²) in [6.07, 6.45) is 1.24. The molecular formula is C27H32F2N6O4. The van der Waals surface area contributed by atoms with E-state index < -0.39 is 24.1 Å². The van der Waals surface area contributed by atoms with E-state index in [9.17, 15) is 18.4 Å². The molecule has 208 valence electrons. The summed E-state index contributed by atoms with van der Waals surface area (Å²) >= 11 is 0. The Morgan fingerprint density at radius 1 is 1.21 bits per heavy atom. The van der Waals surface area contributed by atoms with E-state index in [-0.39, 0.29) is 29.4 Å². The molecule has 1 aliphatic rings. The van der Waals surface area contributed by atoms with E-state index in [4.69, 9.17) is 9.15 Å². The fourth-order valence-electron chi connectivity index (χ4n) is 4.57. The lowest BCUT2D eigenvalue weighted by molar-refractivity contribution is 0.0979. The van der Waals surface area contributed by atoms with E-state index in [2.05, 4.69) is 25.9 Å². The highest BCUT2D eigenvalue weighted by Crippen LogP contribution is 2.36. The number of carbonyl (C=O) groups excluding carboxylic acids is 2. The monoisotopic (exact) mass is 542 g/mol. The summed E-state index contributed by atoms with van der Waals surface area (Å²) in [5.74, 6) is -0.492. The molecule has 12 heteroatoms. The Labute approximate surface area is 224 Å². The van der Waals surface area contributed by atoms with Crippen LogP contribution in [0.3, 0.4) is 0 Å². The van der Waals surface area contributed by atoms with Crippen LogP contribution in [0.4, 0.5) is 19.4 Å². The van der Waals surface area contributed by atoms with E-state index in [1.165, 1.54) is 17.1 Å². The summed E-state index contributed by atoms with van der Waals surface area (Å²) in [6, 6.07) is 8.52. The lowest BCUT2D eigenvalue weighted by atomic mass is 10.0. The van der Waals surface area contributed by atoms with Crippen LogP contribution in [0.25, 0.3) is 16.7 Å². The maximum Gasteiger partial charge on any atom is 0.407 e. The number of nitrogens with one attached hydrogen (secondary N) is 3. The number of benzene rings is 1. The first-order chi connectivity index (χ1) is 18.8. The van der Waals surface area contributed by atoms with Gasteiger partial charge in [0.05, 0.1) is 17.5 Å². The molecule has 1 fully saturated rings. The van der Waals surface area contributed by atoms with Crippen LogP contribution in [-0.4, -0.2) is 44.1 Å². The maximum atomic E-state index is 13.8. The Bertz CT molecular complexity index is 1430. The molecule has 3 aromatic heterocycles. The molecule has 0 aliphatic heterocycles. The second kappa shape index (κ2) is 12.1. The standard InChI is InChI=1S/C25H26F2N6O4.C2H6/c1-13(2)28-25(35)37-15-7-6-14(10-15)18-11-21(31-30-18)29-24(34)17-12-33(32-22(17)23(26)27)19-4-3-5-20-16(19)8-9-36-20;1-2/h3-5,8-9,11-15,23H,6-7,10H2,1-2H3,(H,28,35)(H2,29,30,31,34);1-2H3. The number of aromatic nitrogens is 4. The molecule has 0 radical (unpaired) electrons. The number of aromatic amines is 1. The van der Waals surface area contributed by atoms with Crippen LogP contribution in [-0.2, 0) is 4.74 Å². The highest BCUT2D eigenvalue weighted by Gasteiger charge is 2.30. The number of alkyl halides is 2. The van der Waals surface area contributed by atoms with Gasteiger partial charge < -0.3 is 19.8 Å². The molecule has 0 spiro atoms. The largest absolute Gasteiger partial charge is 0.464 e. The third-order valence-electron chi connectivity index (χ3n) is 6.26. The summed E-state index contributed by atoms with van der Waals surface area (Å²) < 4.78 is 39.6. The average Bonchev–Trinajstić information content (AvgIpc) is 3.70. The number of alkyl carbamates (subject to hydrolysis) is 1. The summed E-state index contributed by atoms with van der Waals surface area (Å²) in [5.41, 5.74) is 0.952. The van der Waals surface area contributed by atoms with Gasteiger partial charge in [-0.05, 0) is 51.3 Å². The molecule has 1 saturated carbocycles. The Morgan fingerprint density at radius 3 is 2.74 bits per heavy atom. The number of anilines is 1. The number of halogens is 2. The van der Waals surface area contributed by atoms with Crippen molar-refractivity contribution in [1.29, 1.82) is 0 Å². The highest BCUT2D eigenvalue weighted by atomic mass is 19.3. The zero-order chi connectivity index (χ0) is 28.1. The fraction of sp³-hybridized carbons (Fsp3) is 0.407. The Hall–Kier alpha value is -4.22. The van der Waals surface area contributed by atoms with Gasteiger partial charge in [-0.2, -0.15) is 10.2 Å². The van der Waals surface area contributed by atoms with Crippen molar-refractivity contribution in [1.82, 2.24) is 25.3 Å². The SMILES string of the molecule is CC.CC(C)NC(=O)OC1CCC(c2cc(NC(=O)c3cn(-c4cccc5occc45)nc3C(F)F)n[nH]2)C1. The first kappa shape index (κ1) is 27.8. The molecule has 0 bridgehead atoms. The molecule has 2 atom stereocenters. The molecule has 5 rings (SSSR count). The van der Waals surface area contributed by atoms with Crippen molar-refractivity contribution in [2.45, 2.75) is 71.4 Å². The van der Waals surface area contributed by atoms with E-state index in [0.29, 0.717) is 29.5 Å². The van der Waals surface area contributed by atoms with Gasteiger partial charge in [-0.15, -0.1) is 0 Å². The zero-order valence-corrected chi connectivity index (χ0v) is 22.2. The number of amides is 2. The van der Waals surface area contributed by atoms with Crippen molar-refractivity contribution in [2.75, 3.05) is 5.32 Å². The molecule has 39 heavy (non-hydrogen) atoms. The van der Waals surface area contributed by atoms with Crippen molar-refractivity contribution in [3.05, 3.63) is 59.7 Å². The van der Waals surface area contributed by atoms with Gasteiger partial charge in [-0.25, -0.2) is 18.3 Å². The van der Waals surface area contributed by atoms with Crippen LogP contribution in [0.1, 0.15) is 81.0 Å². The predicted molar refractivity (Wildman–Crippen MR) is 141 cm³/mol. The molecule has 3 heterocycles. The van der Waals surface area contributed by atoms with Crippen LogP contribution in [0.2, 0.25) is 0 Å². The van der Waals surface area contributed by atoms with Gasteiger partial charge in [0.25, 0.3) is 12.3 Å². The molecule has 1 aliphatic carbocycles. The van der Waals surface area contributed by atoms with E-state index in [1.54, 1.807) is 30.3 Å². The van der Waals surface area contributed by atoms with Gasteiger partial charge >= 0.3 is 6.09 Å². The minimum atomic E-state index is -2.95. The maximum absolute atomic E-state index is 13.8. The number of H-pyrrole nitrogens is 1. The lowest BCUT2D eigenvalue weighted by Gasteiger charge is -2.14. The Kier molecular flexibility index (Phi) is 8.62. The number of hydrogen-bond donors (Lipinski definition) is 3. The number of rotatable bonds is 7. The van der Waals surface area contributed by atoms with Gasteiger partial charge in [-0.1, -0.05) is 19.9 Å². The molecular weight excluding hydrogens is 510 g/mol. The summed E-state index contributed by atoms with van der Waals surface area (Å²) in [7, 11) is 0. The van der Waals surface area contributed by atoms with E-state index in [1.807, 2.05) is 27.7 Å². The van der Waals surface area contributed by atoms with Crippen LogP contribution in [0.15, 0.2) is 47.2 Å². The molecule has 0 saturated heterocycles. The fourth-order valence-corrected chi connectivity index (χ4v) is 4.57. The van der Waals surface area contributed by atoms with Crippen molar-refractivity contribution >= 4 is 28.8 Å². The van der Waals surface area contributed by atoms with Crippen molar-refractivity contribution in [2.24, 2.45) is 0 Å². The number of hydrogen-bond acceptors (Lipinski definition) is 6. The smallest absolute Gasteiger partial charge is 0.407 e. The number of furan rings is 1. The third-order valence-corrected chi connectivity index (χ3v) is 6.26. The topological polar surface area (TPSA) is 127 Å². The number of carbonyl (C=O) groups is 2. The van der Waals surface area contributed by atoms with E-state index >= 15 is 0 Å². The number of nitrogens with zero attached hydrogens (tertiary/aromatic N) is 3. The Morgan fingerprint density at radius 2 is 2.00 bits per heavy atom. The predicted octanol–water partition coefficient (Wildman–Crippen LogP) is 6.33. The summed E-state index contributed by atoms with van der Waals surface area (Å²) in [5, 5.41) is 17.0. The van der Waals surface area contributed by atoms with Gasteiger partial charge in [0, 0.05) is 35.3 Å². The van der Waals surface area contributed by atoms with Gasteiger partial charge in [-0.3, -0.25) is 9.89 Å². The molecule has 4 aromatic rings. The van der Waals surface area contributed by atoms with E-state index in [0.717, 1.165) is 12.1 Å². The quantitative estimate of drug-likeness (QED) is 0.251. The molecule has 2 unspecified atom stereocenters. The lowest BCUT2D eigenvalue weighted by Crippen LogP contribution is -2.33. The number of ether oxygens (including phenoxy) is 1. The van der Waals surface area contributed by atoms with Crippen LogP contribution in [0, 0.1) is 0 Å². The second-order valence-electron chi connectivity index (χ2n) is 9.28. The minimum absolute atomic E-state index is 0.0134. The van der Waals surface area contributed by atoms with Crippen molar-refractivity contribution in [3.8, 4) is 5.69 Å². The molecule has 1 aromatic carbocycles. The molecule has 3 N–H and O–H groups in total. The zero-order valence-electron chi connectivity index (χ0n) is 22.2. The van der Waals surface area contributed by atoms with Crippen LogP contribution < -0.4 is 10.6 Å². The average molecular weight is 543 g/mol. The molecule has 2 amide bonds. The van der Waals surface area contributed by atoms with Gasteiger partial charge in [0.1, 0.15) is 17.4 Å². The first-order valence-corrected chi connectivity index (χ1v) is 13.0. The second-order valence-corrected chi connectivity index (χ2v) is 9.28. The minimum Gasteiger partial charge on any atom is -0.464 e. The Balaban J connectivity index is 0.00000172. The highest BCUT2D eigenvalue weighted by molar-refractivity contribution is 6.04. The number of fused-ring (bicyclic) bond motifs is 1. The molecule has 10 nitrogen and oxygen atoms in total. The third kappa shape index (κ3) is 6.27. The van der Waals surface area contributed by atoms with Crippen molar-refractivity contribution in [3.63, 3.8) is 0 Å². The first-order valence-electron chi connectivity index (χ1n) is 13.0. The van der Waals surface area contributed by atoms with Crippen LogP contribution in [0.5, 0.6) is 0 Å². The van der Waals surface area contributed by atoms with Gasteiger partial charge in [0.15, 0.2) is 5.82 Å². The summed E-state index contributed by atoms with van der Waals surface area (Å²) in [6.45, 7) is 7.71. The van der Waals surface area contributed by atoms with Gasteiger partial charge in [0.2, 0.25) is 0 Å².